The summed E-state index contributed by atoms with van der Waals surface area (Å²) in [6, 6.07) is 1.95. The average Bonchev–Trinajstić information content (AvgIpc) is 2.45. The molecule has 8 heteroatoms. The van der Waals surface area contributed by atoms with Crippen molar-refractivity contribution in [3.63, 3.8) is 0 Å². The minimum atomic E-state index is -0.810. The molecular formula is C16H19F2N3O3. The Morgan fingerprint density at radius 1 is 1.17 bits per heavy atom. The first-order chi connectivity index (χ1) is 11.2. The van der Waals surface area contributed by atoms with E-state index in [4.69, 9.17) is 4.74 Å². The predicted molar refractivity (Wildman–Crippen MR) is 84.2 cm³/mol. The number of ether oxygens (including phenoxy) is 1. The number of halogens is 2. The standard InChI is InChI=1S/C16H19F2N3O3/c1-16(2,3)24-15(23)21-6-4-20(5-7-21)14-12(17)8-11(19-10-22)9-13(14)18/h8-9H,4-7H2,1-3H3. The van der Waals surface area contributed by atoms with Crippen LogP contribution in [0.25, 0.3) is 0 Å². The highest BCUT2D eigenvalue weighted by Crippen LogP contribution is 2.29. The smallest absolute Gasteiger partial charge is 0.410 e. The lowest BCUT2D eigenvalue weighted by molar-refractivity contribution is 0.0240. The molecule has 1 aliphatic rings. The Balaban J connectivity index is 2.07. The number of isocyanates is 1. The predicted octanol–water partition coefficient (Wildman–Crippen LogP) is 2.99. The molecule has 0 saturated carbocycles. The molecule has 1 heterocycles. The summed E-state index contributed by atoms with van der Waals surface area (Å²) in [4.78, 5) is 28.4. The summed E-state index contributed by atoms with van der Waals surface area (Å²) >= 11 is 0. The number of nitrogens with zero attached hydrogens (tertiary/aromatic N) is 3. The SMILES string of the molecule is CC(C)(C)OC(=O)N1CCN(c2c(F)cc(N=C=O)cc2F)CC1. The first-order valence-electron chi connectivity index (χ1n) is 7.51. The fourth-order valence-electron chi connectivity index (χ4n) is 2.41. The van der Waals surface area contributed by atoms with E-state index >= 15 is 0 Å². The van der Waals surface area contributed by atoms with Crippen molar-refractivity contribution in [3.8, 4) is 0 Å². The Bertz CT molecular complexity index is 651. The van der Waals surface area contributed by atoms with Crippen molar-refractivity contribution in [3.05, 3.63) is 23.8 Å². The van der Waals surface area contributed by atoms with Gasteiger partial charge in [0.15, 0.2) is 11.6 Å². The molecule has 0 aromatic heterocycles. The number of amides is 1. The molecular weight excluding hydrogens is 320 g/mol. The molecule has 6 nitrogen and oxygen atoms in total. The number of benzene rings is 1. The molecule has 1 saturated heterocycles. The van der Waals surface area contributed by atoms with E-state index in [0.29, 0.717) is 13.1 Å². The molecule has 2 rings (SSSR count). The van der Waals surface area contributed by atoms with Crippen molar-refractivity contribution in [2.45, 2.75) is 26.4 Å². The van der Waals surface area contributed by atoms with Crippen LogP contribution in [0.1, 0.15) is 20.8 Å². The van der Waals surface area contributed by atoms with Crippen molar-refractivity contribution in [2.75, 3.05) is 31.1 Å². The summed E-state index contributed by atoms with van der Waals surface area (Å²) in [5, 5.41) is 0. The van der Waals surface area contributed by atoms with Gasteiger partial charge >= 0.3 is 6.09 Å². The minimum absolute atomic E-state index is 0.129. The van der Waals surface area contributed by atoms with Crippen LogP contribution in [0.2, 0.25) is 0 Å². The number of carbonyl (C=O) groups is 1. The van der Waals surface area contributed by atoms with Crippen LogP contribution in [0.4, 0.5) is 25.0 Å². The van der Waals surface area contributed by atoms with Gasteiger partial charge in [0.2, 0.25) is 6.08 Å². The third-order valence-electron chi connectivity index (χ3n) is 3.42. The Kier molecular flexibility index (Phi) is 5.19. The zero-order valence-corrected chi connectivity index (χ0v) is 13.8. The summed E-state index contributed by atoms with van der Waals surface area (Å²) < 4.78 is 33.5. The molecule has 1 fully saturated rings. The lowest BCUT2D eigenvalue weighted by Crippen LogP contribution is -2.50. The summed E-state index contributed by atoms with van der Waals surface area (Å²) in [6.07, 6.45) is 0.799. The Morgan fingerprint density at radius 3 is 2.17 bits per heavy atom. The molecule has 24 heavy (non-hydrogen) atoms. The van der Waals surface area contributed by atoms with Crippen LogP contribution in [0.15, 0.2) is 17.1 Å². The molecule has 0 spiro atoms. The molecule has 0 unspecified atom stereocenters. The Morgan fingerprint density at radius 2 is 1.71 bits per heavy atom. The minimum Gasteiger partial charge on any atom is -0.444 e. The molecule has 1 aromatic carbocycles. The molecule has 0 N–H and O–H groups in total. The third-order valence-corrected chi connectivity index (χ3v) is 3.42. The number of piperazine rings is 1. The van der Waals surface area contributed by atoms with Gasteiger partial charge in [-0.05, 0) is 20.8 Å². The summed E-state index contributed by atoms with van der Waals surface area (Å²) in [6.45, 7) is 6.44. The highest BCUT2D eigenvalue weighted by atomic mass is 19.1. The summed E-state index contributed by atoms with van der Waals surface area (Å²) in [5.74, 6) is -1.62. The van der Waals surface area contributed by atoms with Gasteiger partial charge in [0.25, 0.3) is 0 Å². The molecule has 1 aromatic rings. The Labute approximate surface area is 138 Å². The van der Waals surface area contributed by atoms with Gasteiger partial charge in [0, 0.05) is 38.3 Å². The molecule has 130 valence electrons. The maximum Gasteiger partial charge on any atom is 0.410 e. The molecule has 0 bridgehead atoms. The van der Waals surface area contributed by atoms with Gasteiger partial charge < -0.3 is 14.5 Å². The highest BCUT2D eigenvalue weighted by molar-refractivity contribution is 5.69. The topological polar surface area (TPSA) is 62.2 Å². The van der Waals surface area contributed by atoms with Gasteiger partial charge in [-0.1, -0.05) is 0 Å². The number of aliphatic imine (C=N–C) groups is 1. The molecule has 0 atom stereocenters. The van der Waals surface area contributed by atoms with Crippen molar-refractivity contribution < 1.29 is 23.1 Å². The van der Waals surface area contributed by atoms with Crippen molar-refractivity contribution in [1.29, 1.82) is 0 Å². The zero-order chi connectivity index (χ0) is 17.9. The second kappa shape index (κ2) is 6.97. The van der Waals surface area contributed by atoms with Crippen LogP contribution >= 0.6 is 0 Å². The van der Waals surface area contributed by atoms with E-state index in [-0.39, 0.29) is 24.5 Å². The van der Waals surface area contributed by atoms with Gasteiger partial charge in [-0.3, -0.25) is 0 Å². The third kappa shape index (κ3) is 4.29. The lowest BCUT2D eigenvalue weighted by atomic mass is 10.2. The maximum absolute atomic E-state index is 14.1. The molecule has 1 aliphatic heterocycles. The van der Waals surface area contributed by atoms with Crippen LogP contribution in [0.3, 0.4) is 0 Å². The van der Waals surface area contributed by atoms with E-state index in [1.54, 1.807) is 20.8 Å². The summed E-state index contributed by atoms with van der Waals surface area (Å²) in [5.41, 5.74) is -0.915. The van der Waals surface area contributed by atoms with Crippen LogP contribution in [-0.2, 0) is 9.53 Å². The number of hydrogen-bond acceptors (Lipinski definition) is 5. The number of anilines is 1. The number of rotatable bonds is 2. The maximum atomic E-state index is 14.1. The average molecular weight is 339 g/mol. The summed E-state index contributed by atoms with van der Waals surface area (Å²) in [7, 11) is 0. The second-order valence-corrected chi connectivity index (χ2v) is 6.42. The molecule has 0 aliphatic carbocycles. The number of hydrogen-bond donors (Lipinski definition) is 0. The Hall–Kier alpha value is -2.47. The van der Waals surface area contributed by atoms with Crippen molar-refractivity contribution in [1.82, 2.24) is 4.90 Å². The monoisotopic (exact) mass is 339 g/mol. The van der Waals surface area contributed by atoms with Gasteiger partial charge in [0.1, 0.15) is 11.3 Å². The molecule has 1 amide bonds. The second-order valence-electron chi connectivity index (χ2n) is 6.42. The van der Waals surface area contributed by atoms with Crippen LogP contribution in [0, 0.1) is 11.6 Å². The molecule has 0 radical (unpaired) electrons. The zero-order valence-electron chi connectivity index (χ0n) is 13.8. The van der Waals surface area contributed by atoms with Gasteiger partial charge in [-0.2, -0.15) is 4.99 Å². The highest BCUT2D eigenvalue weighted by Gasteiger charge is 2.28. The normalized spacial score (nSPS) is 15.0. The first kappa shape index (κ1) is 17.9. The van der Waals surface area contributed by atoms with Crippen LogP contribution < -0.4 is 4.90 Å². The van der Waals surface area contributed by atoms with E-state index in [1.165, 1.54) is 15.9 Å². The lowest BCUT2D eigenvalue weighted by Gasteiger charge is -2.36. The quantitative estimate of drug-likeness (QED) is 0.614. The first-order valence-corrected chi connectivity index (χ1v) is 7.51. The van der Waals surface area contributed by atoms with Gasteiger partial charge in [0.05, 0.1) is 5.69 Å². The van der Waals surface area contributed by atoms with Gasteiger partial charge in [-0.15, -0.1) is 0 Å². The van der Waals surface area contributed by atoms with E-state index in [9.17, 15) is 18.4 Å². The number of carbonyl (C=O) groups excluding carboxylic acids is 2. The van der Waals surface area contributed by atoms with Crippen molar-refractivity contribution >= 4 is 23.5 Å². The van der Waals surface area contributed by atoms with E-state index in [1.807, 2.05) is 0 Å². The van der Waals surface area contributed by atoms with E-state index in [2.05, 4.69) is 4.99 Å². The fourth-order valence-corrected chi connectivity index (χ4v) is 2.41. The van der Waals surface area contributed by atoms with E-state index in [0.717, 1.165) is 12.1 Å². The van der Waals surface area contributed by atoms with Gasteiger partial charge in [-0.25, -0.2) is 18.4 Å². The van der Waals surface area contributed by atoms with E-state index < -0.39 is 23.3 Å². The largest absolute Gasteiger partial charge is 0.444 e. The van der Waals surface area contributed by atoms with Crippen molar-refractivity contribution in [2.24, 2.45) is 4.99 Å². The van der Waals surface area contributed by atoms with Crippen LogP contribution in [-0.4, -0.2) is 48.9 Å². The van der Waals surface area contributed by atoms with Crippen LogP contribution in [0.5, 0.6) is 0 Å². The fraction of sp³-hybridized carbons (Fsp3) is 0.500.